The zero-order valence-electron chi connectivity index (χ0n) is 11.9. The van der Waals surface area contributed by atoms with E-state index in [4.69, 9.17) is 0 Å². The number of nitrogens with one attached hydrogen (secondary N) is 2. The zero-order chi connectivity index (χ0) is 14.1. The molecule has 0 aromatic heterocycles. The molecule has 2 N–H and O–H groups in total. The molecule has 1 aliphatic heterocycles. The van der Waals surface area contributed by atoms with Crippen LogP contribution in [0.3, 0.4) is 0 Å². The molecule has 0 saturated carbocycles. The Balaban J connectivity index is 2.18. The third kappa shape index (κ3) is 6.54. The SMILES string of the molecule is CCNCC1CCN(CC(=O)NC(=O)OCC)CC1. The molecule has 1 saturated heterocycles. The largest absolute Gasteiger partial charge is 0.450 e. The first-order valence-corrected chi connectivity index (χ1v) is 7.05. The van der Waals surface area contributed by atoms with E-state index in [0.717, 1.165) is 39.0 Å². The van der Waals surface area contributed by atoms with Crippen LogP contribution in [0.1, 0.15) is 26.7 Å². The number of rotatable bonds is 6. The Morgan fingerprint density at radius 2 is 1.95 bits per heavy atom. The Morgan fingerprint density at radius 3 is 2.53 bits per heavy atom. The maximum absolute atomic E-state index is 11.6. The Hall–Kier alpha value is -1.14. The summed E-state index contributed by atoms with van der Waals surface area (Å²) in [7, 11) is 0. The predicted molar refractivity (Wildman–Crippen MR) is 72.9 cm³/mol. The molecule has 0 aliphatic carbocycles. The van der Waals surface area contributed by atoms with Gasteiger partial charge in [0, 0.05) is 0 Å². The second-order valence-electron chi connectivity index (χ2n) is 4.80. The van der Waals surface area contributed by atoms with Crippen molar-refractivity contribution in [2.75, 3.05) is 39.3 Å². The second kappa shape index (κ2) is 8.87. The summed E-state index contributed by atoms with van der Waals surface area (Å²) in [5.74, 6) is 0.410. The van der Waals surface area contributed by atoms with Crippen molar-refractivity contribution in [3.05, 3.63) is 0 Å². The molecule has 0 radical (unpaired) electrons. The number of ether oxygens (including phenoxy) is 1. The Bertz CT molecular complexity index is 289. The first-order chi connectivity index (χ1) is 9.15. The summed E-state index contributed by atoms with van der Waals surface area (Å²) < 4.78 is 4.67. The van der Waals surface area contributed by atoms with Crippen LogP contribution in [0, 0.1) is 5.92 Å². The van der Waals surface area contributed by atoms with E-state index in [1.165, 1.54) is 0 Å². The number of hydrogen-bond donors (Lipinski definition) is 2. The van der Waals surface area contributed by atoms with E-state index in [2.05, 4.69) is 27.2 Å². The average Bonchev–Trinajstić information content (AvgIpc) is 2.38. The summed E-state index contributed by atoms with van der Waals surface area (Å²) in [6.07, 6.45) is 1.54. The van der Waals surface area contributed by atoms with Crippen molar-refractivity contribution in [3.63, 3.8) is 0 Å². The van der Waals surface area contributed by atoms with E-state index in [1.54, 1.807) is 6.92 Å². The van der Waals surface area contributed by atoms with E-state index < -0.39 is 6.09 Å². The van der Waals surface area contributed by atoms with Crippen LogP contribution in [0.25, 0.3) is 0 Å². The number of nitrogens with zero attached hydrogens (tertiary/aromatic N) is 1. The van der Waals surface area contributed by atoms with Crippen LogP contribution < -0.4 is 10.6 Å². The fourth-order valence-electron chi connectivity index (χ4n) is 2.22. The molecule has 1 heterocycles. The van der Waals surface area contributed by atoms with Crippen molar-refractivity contribution >= 4 is 12.0 Å². The molecule has 1 aliphatic rings. The van der Waals surface area contributed by atoms with Gasteiger partial charge in [0.15, 0.2) is 0 Å². The molecular weight excluding hydrogens is 246 g/mol. The lowest BCUT2D eigenvalue weighted by atomic mass is 9.97. The van der Waals surface area contributed by atoms with Crippen molar-refractivity contribution in [2.24, 2.45) is 5.92 Å². The predicted octanol–water partition coefficient (Wildman–Crippen LogP) is 0.581. The van der Waals surface area contributed by atoms with Crippen molar-refractivity contribution < 1.29 is 14.3 Å². The molecule has 0 spiro atoms. The van der Waals surface area contributed by atoms with Crippen LogP contribution in [-0.4, -0.2) is 56.2 Å². The quantitative estimate of drug-likeness (QED) is 0.739. The first kappa shape index (κ1) is 15.9. The number of imide groups is 1. The molecule has 110 valence electrons. The van der Waals surface area contributed by atoms with Crippen LogP contribution in [-0.2, 0) is 9.53 Å². The number of carbonyl (C=O) groups excluding carboxylic acids is 2. The van der Waals surface area contributed by atoms with E-state index in [1.807, 2.05) is 0 Å². The van der Waals surface area contributed by atoms with Gasteiger partial charge < -0.3 is 10.1 Å². The Labute approximate surface area is 114 Å². The highest BCUT2D eigenvalue weighted by molar-refractivity contribution is 5.92. The Kier molecular flexibility index (Phi) is 7.43. The average molecular weight is 271 g/mol. The molecule has 1 fully saturated rings. The zero-order valence-corrected chi connectivity index (χ0v) is 11.9. The molecule has 0 bridgehead atoms. The summed E-state index contributed by atoms with van der Waals surface area (Å²) in [6, 6.07) is 0. The van der Waals surface area contributed by atoms with Gasteiger partial charge >= 0.3 is 6.09 Å². The summed E-state index contributed by atoms with van der Waals surface area (Å²) in [5.41, 5.74) is 0. The van der Waals surface area contributed by atoms with Crippen molar-refractivity contribution in [3.8, 4) is 0 Å². The first-order valence-electron chi connectivity index (χ1n) is 7.05. The van der Waals surface area contributed by atoms with Crippen LogP contribution in [0.2, 0.25) is 0 Å². The fraction of sp³-hybridized carbons (Fsp3) is 0.846. The smallest absolute Gasteiger partial charge is 0.413 e. The third-order valence-corrected chi connectivity index (χ3v) is 3.27. The summed E-state index contributed by atoms with van der Waals surface area (Å²) in [4.78, 5) is 24.7. The molecule has 2 amide bonds. The van der Waals surface area contributed by atoms with Crippen LogP contribution >= 0.6 is 0 Å². The van der Waals surface area contributed by atoms with Gasteiger partial charge in [-0.2, -0.15) is 0 Å². The fourth-order valence-corrected chi connectivity index (χ4v) is 2.22. The normalized spacial score (nSPS) is 17.2. The van der Waals surface area contributed by atoms with Crippen molar-refractivity contribution in [1.82, 2.24) is 15.5 Å². The summed E-state index contributed by atoms with van der Waals surface area (Å²) >= 11 is 0. The highest BCUT2D eigenvalue weighted by atomic mass is 16.5. The number of hydrogen-bond acceptors (Lipinski definition) is 5. The molecule has 0 aromatic rings. The lowest BCUT2D eigenvalue weighted by Crippen LogP contribution is -2.44. The van der Waals surface area contributed by atoms with Gasteiger partial charge in [0.05, 0.1) is 13.2 Å². The van der Waals surface area contributed by atoms with Crippen molar-refractivity contribution in [2.45, 2.75) is 26.7 Å². The summed E-state index contributed by atoms with van der Waals surface area (Å²) in [5, 5.41) is 5.57. The van der Waals surface area contributed by atoms with E-state index in [9.17, 15) is 9.59 Å². The molecule has 0 unspecified atom stereocenters. The van der Waals surface area contributed by atoms with Gasteiger partial charge in [-0.3, -0.25) is 15.0 Å². The van der Waals surface area contributed by atoms with Gasteiger partial charge in [0.1, 0.15) is 0 Å². The van der Waals surface area contributed by atoms with Crippen LogP contribution in [0.4, 0.5) is 4.79 Å². The molecular formula is C13H25N3O3. The topological polar surface area (TPSA) is 70.7 Å². The van der Waals surface area contributed by atoms with E-state index in [0.29, 0.717) is 5.92 Å². The molecule has 6 nitrogen and oxygen atoms in total. The van der Waals surface area contributed by atoms with Crippen LogP contribution in [0.5, 0.6) is 0 Å². The van der Waals surface area contributed by atoms with Gasteiger partial charge in [-0.15, -0.1) is 0 Å². The molecule has 19 heavy (non-hydrogen) atoms. The third-order valence-electron chi connectivity index (χ3n) is 3.27. The van der Waals surface area contributed by atoms with Crippen LogP contribution in [0.15, 0.2) is 0 Å². The lowest BCUT2D eigenvalue weighted by Gasteiger charge is -2.31. The number of piperidine rings is 1. The maximum Gasteiger partial charge on any atom is 0.413 e. The number of amides is 2. The van der Waals surface area contributed by atoms with Gasteiger partial charge in [0.25, 0.3) is 0 Å². The Morgan fingerprint density at radius 1 is 1.26 bits per heavy atom. The van der Waals surface area contributed by atoms with Gasteiger partial charge in [0.2, 0.25) is 5.91 Å². The minimum atomic E-state index is -0.658. The van der Waals surface area contributed by atoms with E-state index in [-0.39, 0.29) is 19.1 Å². The molecule has 6 heteroatoms. The van der Waals surface area contributed by atoms with E-state index >= 15 is 0 Å². The minimum Gasteiger partial charge on any atom is -0.450 e. The number of likely N-dealkylation sites (tertiary alicyclic amines) is 1. The molecule has 1 rings (SSSR count). The monoisotopic (exact) mass is 271 g/mol. The standard InChI is InChI=1S/C13H25N3O3/c1-3-14-9-11-5-7-16(8-6-11)10-12(17)15-13(18)19-4-2/h11,14H,3-10H2,1-2H3,(H,15,17,18). The minimum absolute atomic E-state index is 0.271. The highest BCUT2D eigenvalue weighted by Crippen LogP contribution is 2.15. The van der Waals surface area contributed by atoms with Gasteiger partial charge in [-0.1, -0.05) is 6.92 Å². The van der Waals surface area contributed by atoms with Crippen molar-refractivity contribution in [1.29, 1.82) is 0 Å². The number of alkyl carbamates (subject to hydrolysis) is 1. The summed E-state index contributed by atoms with van der Waals surface area (Å²) in [6.45, 7) is 8.23. The second-order valence-corrected chi connectivity index (χ2v) is 4.80. The number of carbonyl (C=O) groups is 2. The van der Waals surface area contributed by atoms with Gasteiger partial charge in [-0.05, 0) is 51.9 Å². The maximum atomic E-state index is 11.6. The molecule has 0 aromatic carbocycles. The van der Waals surface area contributed by atoms with Gasteiger partial charge in [-0.25, -0.2) is 4.79 Å². The lowest BCUT2D eigenvalue weighted by molar-refractivity contribution is -0.121. The molecule has 0 atom stereocenters. The highest BCUT2D eigenvalue weighted by Gasteiger charge is 2.21.